The minimum Gasteiger partial charge on any atom is -0.493 e. The molecule has 0 aliphatic rings. The van der Waals surface area contributed by atoms with Gasteiger partial charge in [0.1, 0.15) is 4.83 Å². The molecule has 2 aromatic heterocycles. The van der Waals surface area contributed by atoms with Crippen molar-refractivity contribution >= 4 is 39.2 Å². The Balaban J connectivity index is 1.48. The number of carbonyl (C=O) groups is 1. The van der Waals surface area contributed by atoms with Gasteiger partial charge in [-0.15, -0.1) is 11.3 Å². The number of fused-ring (bicyclic) bond motifs is 1. The predicted molar refractivity (Wildman–Crippen MR) is 136 cm³/mol. The fourth-order valence-corrected chi connectivity index (χ4v) is 5.34. The number of nitrogens with zero attached hydrogens (tertiary/aromatic N) is 3. The molecule has 0 aliphatic heterocycles. The number of thiophene rings is 1. The number of nitrogen functional groups attached to an aromatic ring is 1. The minimum atomic E-state index is -0.335. The van der Waals surface area contributed by atoms with Crippen LogP contribution >= 0.6 is 23.1 Å². The van der Waals surface area contributed by atoms with Gasteiger partial charge in [0.2, 0.25) is 5.91 Å². The van der Waals surface area contributed by atoms with Gasteiger partial charge in [-0.25, -0.2) is 9.66 Å². The molecule has 0 unspecified atom stereocenters. The van der Waals surface area contributed by atoms with Crippen LogP contribution in [-0.4, -0.2) is 47.5 Å². The number of amides is 1. The van der Waals surface area contributed by atoms with Gasteiger partial charge in [0.15, 0.2) is 16.7 Å². The maximum Gasteiger partial charge on any atom is 0.282 e. The molecule has 0 atom stereocenters. The number of carbonyl (C=O) groups excluding carboxylic acids is 1. The molecular weight excluding hydrogens is 472 g/mol. The van der Waals surface area contributed by atoms with Gasteiger partial charge in [0.25, 0.3) is 5.56 Å². The smallest absolute Gasteiger partial charge is 0.282 e. The van der Waals surface area contributed by atoms with E-state index in [9.17, 15) is 9.59 Å². The lowest BCUT2D eigenvalue weighted by atomic mass is 10.1. The van der Waals surface area contributed by atoms with Gasteiger partial charge in [-0.1, -0.05) is 48.2 Å². The third kappa shape index (κ3) is 4.73. The molecule has 0 spiro atoms. The fraction of sp³-hybridized carbons (Fsp3) is 0.208. The summed E-state index contributed by atoms with van der Waals surface area (Å²) in [5.41, 5.74) is 2.30. The first-order chi connectivity index (χ1) is 16.4. The van der Waals surface area contributed by atoms with Crippen molar-refractivity contribution in [3.05, 3.63) is 69.8 Å². The largest absolute Gasteiger partial charge is 0.493 e. The second-order valence-electron chi connectivity index (χ2n) is 7.49. The van der Waals surface area contributed by atoms with Crippen LogP contribution in [0.2, 0.25) is 0 Å². The van der Waals surface area contributed by atoms with Crippen LogP contribution in [0.15, 0.2) is 63.9 Å². The molecule has 4 aromatic rings. The van der Waals surface area contributed by atoms with E-state index in [-0.39, 0.29) is 17.2 Å². The molecule has 176 valence electrons. The molecule has 0 saturated heterocycles. The van der Waals surface area contributed by atoms with Crippen molar-refractivity contribution in [2.45, 2.75) is 11.7 Å². The Labute approximate surface area is 204 Å². The number of nitrogens with two attached hydrogens (primary N) is 1. The van der Waals surface area contributed by atoms with Crippen molar-refractivity contribution in [2.24, 2.45) is 0 Å². The molecule has 8 nitrogen and oxygen atoms in total. The van der Waals surface area contributed by atoms with E-state index >= 15 is 0 Å². The second-order valence-corrected chi connectivity index (χ2v) is 9.29. The summed E-state index contributed by atoms with van der Waals surface area (Å²) in [7, 11) is 4.86. The zero-order valence-electron chi connectivity index (χ0n) is 19.0. The molecule has 2 heterocycles. The highest BCUT2D eigenvalue weighted by atomic mass is 32.2. The Morgan fingerprint density at radius 1 is 1.15 bits per heavy atom. The quantitative estimate of drug-likeness (QED) is 0.226. The van der Waals surface area contributed by atoms with Crippen molar-refractivity contribution in [3.8, 4) is 22.6 Å². The highest BCUT2D eigenvalue weighted by Gasteiger charge is 2.18. The van der Waals surface area contributed by atoms with E-state index in [0.29, 0.717) is 33.4 Å². The van der Waals surface area contributed by atoms with E-state index in [1.54, 1.807) is 32.2 Å². The summed E-state index contributed by atoms with van der Waals surface area (Å²) in [5.74, 6) is 7.28. The van der Waals surface area contributed by atoms with Gasteiger partial charge in [-0.05, 0) is 23.3 Å². The molecule has 0 aliphatic carbocycles. The Morgan fingerprint density at radius 2 is 1.88 bits per heavy atom. The Hall–Kier alpha value is -3.50. The number of hydrogen-bond acceptors (Lipinski definition) is 8. The number of aromatic nitrogens is 2. The lowest BCUT2D eigenvalue weighted by Crippen LogP contribution is -2.31. The van der Waals surface area contributed by atoms with Gasteiger partial charge >= 0.3 is 0 Å². The molecule has 2 aromatic carbocycles. The summed E-state index contributed by atoms with van der Waals surface area (Å²) in [6.45, 7) is 0.396. The van der Waals surface area contributed by atoms with Crippen molar-refractivity contribution < 1.29 is 14.3 Å². The van der Waals surface area contributed by atoms with Crippen LogP contribution in [0.25, 0.3) is 21.3 Å². The van der Waals surface area contributed by atoms with E-state index in [1.807, 2.05) is 47.8 Å². The summed E-state index contributed by atoms with van der Waals surface area (Å²) < 4.78 is 11.6. The average Bonchev–Trinajstić information content (AvgIpc) is 3.29. The summed E-state index contributed by atoms with van der Waals surface area (Å²) >= 11 is 2.52. The van der Waals surface area contributed by atoms with E-state index in [2.05, 4.69) is 4.98 Å². The Morgan fingerprint density at radius 3 is 2.59 bits per heavy atom. The van der Waals surface area contributed by atoms with Gasteiger partial charge in [-0.3, -0.25) is 9.59 Å². The molecule has 0 bridgehead atoms. The van der Waals surface area contributed by atoms with Crippen molar-refractivity contribution in [2.75, 3.05) is 32.9 Å². The second kappa shape index (κ2) is 10.2. The highest BCUT2D eigenvalue weighted by molar-refractivity contribution is 7.99. The van der Waals surface area contributed by atoms with Crippen LogP contribution in [0.3, 0.4) is 0 Å². The fourth-order valence-electron chi connectivity index (χ4n) is 3.49. The monoisotopic (exact) mass is 496 g/mol. The van der Waals surface area contributed by atoms with Gasteiger partial charge in [0.05, 0.1) is 25.4 Å². The molecule has 34 heavy (non-hydrogen) atoms. The minimum absolute atomic E-state index is 0.0931. The molecule has 0 saturated carbocycles. The SMILES string of the molecule is COc1ccc(CN(C)C(=O)CSc2nc3scc(-c4ccccc4)c3c(=O)n2N)cc1OC. The molecule has 4 rings (SSSR count). The lowest BCUT2D eigenvalue weighted by molar-refractivity contribution is -0.127. The number of hydrogen-bond donors (Lipinski definition) is 1. The Bertz CT molecular complexity index is 1390. The molecular formula is C24H24N4O4S2. The van der Waals surface area contributed by atoms with Crippen LogP contribution in [-0.2, 0) is 11.3 Å². The number of benzene rings is 2. The van der Waals surface area contributed by atoms with E-state index in [0.717, 1.165) is 33.1 Å². The van der Waals surface area contributed by atoms with Crippen LogP contribution in [0.5, 0.6) is 11.5 Å². The van der Waals surface area contributed by atoms with Crippen molar-refractivity contribution in [3.63, 3.8) is 0 Å². The molecule has 10 heteroatoms. The van der Waals surface area contributed by atoms with Gasteiger partial charge in [0, 0.05) is 24.5 Å². The van der Waals surface area contributed by atoms with Crippen LogP contribution < -0.4 is 20.9 Å². The van der Waals surface area contributed by atoms with Crippen LogP contribution in [0.1, 0.15) is 5.56 Å². The van der Waals surface area contributed by atoms with Crippen molar-refractivity contribution in [1.29, 1.82) is 0 Å². The molecule has 0 fully saturated rings. The summed E-state index contributed by atoms with van der Waals surface area (Å²) in [4.78, 5) is 32.5. The van der Waals surface area contributed by atoms with Crippen molar-refractivity contribution in [1.82, 2.24) is 14.6 Å². The average molecular weight is 497 g/mol. The predicted octanol–water partition coefficient (Wildman–Crippen LogP) is 3.61. The maximum absolute atomic E-state index is 13.0. The highest BCUT2D eigenvalue weighted by Crippen LogP contribution is 2.32. The molecule has 1 amide bonds. The number of ether oxygens (including phenoxy) is 2. The van der Waals surface area contributed by atoms with E-state index < -0.39 is 0 Å². The van der Waals surface area contributed by atoms with E-state index in [4.69, 9.17) is 15.3 Å². The van der Waals surface area contributed by atoms with Crippen LogP contribution in [0.4, 0.5) is 0 Å². The summed E-state index contributed by atoms with van der Waals surface area (Å²) in [5, 5.41) is 2.69. The zero-order valence-corrected chi connectivity index (χ0v) is 20.6. The standard InChI is InChI=1S/C24H24N4O4S2/c1-27(12-15-9-10-18(31-2)19(11-15)32-3)20(29)14-34-24-26-22-21(23(30)28(24)25)17(13-33-22)16-7-5-4-6-8-16/h4-11,13H,12,14,25H2,1-3H3. The topological polar surface area (TPSA) is 99.7 Å². The first kappa shape index (κ1) is 23.7. The third-order valence-corrected chi connectivity index (χ3v) is 7.12. The first-order valence-electron chi connectivity index (χ1n) is 10.3. The van der Waals surface area contributed by atoms with Gasteiger partial charge in [-0.2, -0.15) is 0 Å². The zero-order chi connectivity index (χ0) is 24.2. The van der Waals surface area contributed by atoms with E-state index in [1.165, 1.54) is 11.3 Å². The number of rotatable bonds is 8. The number of thioether (sulfide) groups is 1. The summed E-state index contributed by atoms with van der Waals surface area (Å²) in [6.07, 6.45) is 0. The Kier molecular flexibility index (Phi) is 7.09. The molecule has 0 radical (unpaired) electrons. The normalized spacial score (nSPS) is 10.9. The van der Waals surface area contributed by atoms with Crippen LogP contribution in [0, 0.1) is 0 Å². The molecule has 2 N–H and O–H groups in total. The third-order valence-electron chi connectivity index (χ3n) is 5.31. The summed E-state index contributed by atoms with van der Waals surface area (Å²) in [6, 6.07) is 15.2. The maximum atomic E-state index is 13.0. The first-order valence-corrected chi connectivity index (χ1v) is 12.2. The van der Waals surface area contributed by atoms with Gasteiger partial charge < -0.3 is 20.2 Å². The lowest BCUT2D eigenvalue weighted by Gasteiger charge is -2.18. The number of methoxy groups -OCH3 is 2.